The van der Waals surface area contributed by atoms with Crippen LogP contribution < -0.4 is 4.74 Å². The summed E-state index contributed by atoms with van der Waals surface area (Å²) in [5.74, 6) is 1.99. The number of rotatable bonds is 5. The van der Waals surface area contributed by atoms with E-state index in [9.17, 15) is 4.79 Å². The number of amides is 1. The van der Waals surface area contributed by atoms with Crippen molar-refractivity contribution in [3.63, 3.8) is 0 Å². The molecule has 1 amide bonds. The summed E-state index contributed by atoms with van der Waals surface area (Å²) in [6.07, 6.45) is 6.98. The maximum atomic E-state index is 13.3. The molecule has 1 unspecified atom stereocenters. The van der Waals surface area contributed by atoms with Gasteiger partial charge in [0, 0.05) is 39.1 Å². The molecule has 3 aromatic rings. The van der Waals surface area contributed by atoms with Crippen molar-refractivity contribution in [1.29, 1.82) is 0 Å². The number of nitrogens with zero attached hydrogens (tertiary/aromatic N) is 5. The molecule has 4 rings (SSSR count). The van der Waals surface area contributed by atoms with Gasteiger partial charge in [0.25, 0.3) is 5.91 Å². The van der Waals surface area contributed by atoms with Crippen molar-refractivity contribution in [3.05, 3.63) is 60.4 Å². The fraction of sp³-hybridized carbons (Fsp3) is 0.350. The quantitative estimate of drug-likeness (QED) is 0.736. The van der Waals surface area contributed by atoms with Crippen LogP contribution in [0.2, 0.25) is 0 Å². The molecule has 146 valence electrons. The van der Waals surface area contributed by atoms with Crippen LogP contribution in [0.4, 0.5) is 0 Å². The van der Waals surface area contributed by atoms with E-state index in [4.69, 9.17) is 4.74 Å². The van der Waals surface area contributed by atoms with E-state index in [0.717, 1.165) is 18.9 Å². The average molecular weight is 380 g/mol. The molecule has 1 aromatic carbocycles. The van der Waals surface area contributed by atoms with Gasteiger partial charge in [-0.1, -0.05) is 19.1 Å². The van der Waals surface area contributed by atoms with Crippen LogP contribution in [0, 0.1) is 0 Å². The second-order valence-electron chi connectivity index (χ2n) is 6.82. The predicted molar refractivity (Wildman–Crippen MR) is 104 cm³/mol. The first kappa shape index (κ1) is 18.2. The van der Waals surface area contributed by atoms with Crippen LogP contribution in [-0.4, -0.2) is 61.6 Å². The van der Waals surface area contributed by atoms with Crippen LogP contribution in [0.25, 0.3) is 0 Å². The van der Waals surface area contributed by atoms with Gasteiger partial charge < -0.3 is 14.6 Å². The van der Waals surface area contributed by atoms with Crippen molar-refractivity contribution in [2.75, 3.05) is 26.2 Å². The number of aromatic nitrogens is 4. The maximum absolute atomic E-state index is 13.3. The normalized spacial score (nSPS) is 17.6. The van der Waals surface area contributed by atoms with E-state index in [1.54, 1.807) is 23.3 Å². The lowest BCUT2D eigenvalue weighted by atomic mass is 10.1. The lowest BCUT2D eigenvalue weighted by Gasteiger charge is -2.40. The minimum Gasteiger partial charge on any atom is -0.453 e. The third kappa shape index (κ3) is 3.63. The molecule has 8 heteroatoms. The number of imidazole rings is 1. The number of H-pyrrole nitrogens is 1. The summed E-state index contributed by atoms with van der Waals surface area (Å²) in [7, 11) is 1.83. The lowest BCUT2D eigenvalue weighted by Crippen LogP contribution is -2.50. The van der Waals surface area contributed by atoms with Gasteiger partial charge in [-0.05, 0) is 18.7 Å². The molecular formula is C20H24N6O2. The number of hydrogen-bond acceptors (Lipinski definition) is 5. The Morgan fingerprint density at radius 1 is 1.32 bits per heavy atom. The monoisotopic (exact) mass is 380 g/mol. The van der Waals surface area contributed by atoms with E-state index in [0.29, 0.717) is 30.2 Å². The van der Waals surface area contributed by atoms with Crippen molar-refractivity contribution in [2.24, 2.45) is 7.05 Å². The highest BCUT2D eigenvalue weighted by Crippen LogP contribution is 2.28. The third-order valence-corrected chi connectivity index (χ3v) is 5.05. The Morgan fingerprint density at radius 3 is 2.89 bits per heavy atom. The number of benzene rings is 1. The minimum atomic E-state index is -0.0354. The molecule has 3 heterocycles. The van der Waals surface area contributed by atoms with Crippen molar-refractivity contribution < 1.29 is 9.53 Å². The minimum absolute atomic E-state index is 0.0354. The summed E-state index contributed by atoms with van der Waals surface area (Å²) in [4.78, 5) is 25.1. The summed E-state index contributed by atoms with van der Waals surface area (Å²) in [6, 6.07) is 7.40. The number of aryl methyl sites for hydroxylation is 1. The molecule has 0 spiro atoms. The van der Waals surface area contributed by atoms with Crippen molar-refractivity contribution in [3.8, 4) is 11.5 Å². The first-order chi connectivity index (χ1) is 13.7. The molecule has 1 aliphatic rings. The number of likely N-dealkylation sites (N-methyl/N-ethyl adjacent to an activating group) is 1. The molecule has 28 heavy (non-hydrogen) atoms. The van der Waals surface area contributed by atoms with Gasteiger partial charge in [-0.3, -0.25) is 14.4 Å². The topological polar surface area (TPSA) is 79.3 Å². The SMILES string of the molecule is CCN1CCN(C(=O)c2ccccc2Oc2cnn(C)c2)CC1c1ncc[nH]1. The molecule has 1 aliphatic heterocycles. The number of para-hydroxylation sites is 1. The maximum Gasteiger partial charge on any atom is 0.257 e. The molecule has 1 N–H and O–H groups in total. The number of hydrogen-bond donors (Lipinski definition) is 1. The Hall–Kier alpha value is -3.13. The highest BCUT2D eigenvalue weighted by atomic mass is 16.5. The molecule has 1 atom stereocenters. The van der Waals surface area contributed by atoms with Gasteiger partial charge in [-0.25, -0.2) is 4.98 Å². The van der Waals surface area contributed by atoms with Gasteiger partial charge in [0.05, 0.1) is 24.0 Å². The van der Waals surface area contributed by atoms with Crippen LogP contribution in [0.15, 0.2) is 49.1 Å². The molecule has 0 aliphatic carbocycles. The van der Waals surface area contributed by atoms with Gasteiger partial charge in [-0.15, -0.1) is 0 Å². The van der Waals surface area contributed by atoms with Gasteiger partial charge >= 0.3 is 0 Å². The van der Waals surface area contributed by atoms with Gasteiger partial charge in [0.2, 0.25) is 0 Å². The fourth-order valence-electron chi connectivity index (χ4n) is 3.58. The van der Waals surface area contributed by atoms with E-state index in [-0.39, 0.29) is 11.9 Å². The Morgan fingerprint density at radius 2 is 2.18 bits per heavy atom. The number of piperazine rings is 1. The summed E-state index contributed by atoms with van der Waals surface area (Å²) in [5.41, 5.74) is 0.550. The molecule has 2 aromatic heterocycles. The highest BCUT2D eigenvalue weighted by Gasteiger charge is 2.32. The zero-order valence-corrected chi connectivity index (χ0v) is 16.1. The summed E-state index contributed by atoms with van der Waals surface area (Å²) >= 11 is 0. The number of carbonyl (C=O) groups excluding carboxylic acids is 1. The molecule has 0 radical (unpaired) electrons. The number of ether oxygens (including phenoxy) is 1. The third-order valence-electron chi connectivity index (χ3n) is 5.05. The van der Waals surface area contributed by atoms with E-state index < -0.39 is 0 Å². The van der Waals surface area contributed by atoms with Crippen molar-refractivity contribution in [1.82, 2.24) is 29.5 Å². The average Bonchev–Trinajstić information content (AvgIpc) is 3.39. The summed E-state index contributed by atoms with van der Waals surface area (Å²) < 4.78 is 7.59. The smallest absolute Gasteiger partial charge is 0.257 e. The van der Waals surface area contributed by atoms with Gasteiger partial charge in [0.1, 0.15) is 11.6 Å². The number of nitrogens with one attached hydrogen (secondary N) is 1. The van der Waals surface area contributed by atoms with Crippen molar-refractivity contribution in [2.45, 2.75) is 13.0 Å². The lowest BCUT2D eigenvalue weighted by molar-refractivity contribution is 0.0477. The van der Waals surface area contributed by atoms with E-state index in [1.807, 2.05) is 42.4 Å². The Labute approximate surface area is 163 Å². The molecule has 8 nitrogen and oxygen atoms in total. The van der Waals surface area contributed by atoms with Gasteiger partial charge in [-0.2, -0.15) is 5.10 Å². The zero-order chi connectivity index (χ0) is 19.5. The largest absolute Gasteiger partial charge is 0.453 e. The van der Waals surface area contributed by atoms with Crippen LogP contribution in [0.3, 0.4) is 0 Å². The van der Waals surface area contributed by atoms with E-state index >= 15 is 0 Å². The predicted octanol–water partition coefficient (Wildman–Crippen LogP) is 2.45. The van der Waals surface area contributed by atoms with Crippen LogP contribution >= 0.6 is 0 Å². The van der Waals surface area contributed by atoms with E-state index in [1.165, 1.54) is 0 Å². The van der Waals surface area contributed by atoms with E-state index in [2.05, 4.69) is 26.9 Å². The highest BCUT2D eigenvalue weighted by molar-refractivity contribution is 5.97. The van der Waals surface area contributed by atoms with Crippen molar-refractivity contribution >= 4 is 5.91 Å². The second kappa shape index (κ2) is 7.85. The first-order valence-corrected chi connectivity index (χ1v) is 9.44. The Bertz CT molecular complexity index is 936. The second-order valence-corrected chi connectivity index (χ2v) is 6.82. The summed E-state index contributed by atoms with van der Waals surface area (Å²) in [6.45, 7) is 5.10. The molecule has 0 bridgehead atoms. The first-order valence-electron chi connectivity index (χ1n) is 9.44. The molecule has 1 saturated heterocycles. The fourth-order valence-corrected chi connectivity index (χ4v) is 3.58. The van der Waals surface area contributed by atoms with Crippen LogP contribution in [0.5, 0.6) is 11.5 Å². The molecule has 0 saturated carbocycles. The Balaban J connectivity index is 1.56. The standard InChI is InChI=1S/C20H24N6O2/c1-3-25-10-11-26(14-17(25)19-21-8-9-22-19)20(27)16-6-4-5-7-18(16)28-15-12-23-24(2)13-15/h4-9,12-13,17H,3,10-11,14H2,1-2H3,(H,21,22). The summed E-state index contributed by atoms with van der Waals surface area (Å²) in [5, 5.41) is 4.11. The molecule has 1 fully saturated rings. The number of carbonyl (C=O) groups is 1. The van der Waals surface area contributed by atoms with Crippen LogP contribution in [-0.2, 0) is 7.05 Å². The zero-order valence-electron chi connectivity index (χ0n) is 16.1. The Kier molecular flexibility index (Phi) is 5.12. The van der Waals surface area contributed by atoms with Gasteiger partial charge in [0.15, 0.2) is 5.75 Å². The molecular weight excluding hydrogens is 356 g/mol. The van der Waals surface area contributed by atoms with Crippen LogP contribution in [0.1, 0.15) is 29.1 Å². The number of aromatic amines is 1.